The molecule has 0 aromatic carbocycles. The van der Waals surface area contributed by atoms with Crippen molar-refractivity contribution in [3.8, 4) is 0 Å². The van der Waals surface area contributed by atoms with Crippen molar-refractivity contribution in [1.82, 2.24) is 5.32 Å². The number of halogens is 1. The molecular formula is C9H10INO3. The van der Waals surface area contributed by atoms with Gasteiger partial charge < -0.3 is 10.4 Å². The van der Waals surface area contributed by atoms with E-state index in [-0.39, 0.29) is 12.3 Å². The SMILES string of the molecule is CC1(I)NC2=CC(=O)C(=O)CC2C1O. The van der Waals surface area contributed by atoms with Crippen LogP contribution in [0.25, 0.3) is 0 Å². The topological polar surface area (TPSA) is 66.4 Å². The predicted molar refractivity (Wildman–Crippen MR) is 57.8 cm³/mol. The number of rotatable bonds is 0. The van der Waals surface area contributed by atoms with Gasteiger partial charge in [0.2, 0.25) is 11.6 Å². The van der Waals surface area contributed by atoms with Crippen LogP contribution in [0, 0.1) is 5.92 Å². The van der Waals surface area contributed by atoms with Crippen LogP contribution in [0.4, 0.5) is 0 Å². The molecule has 2 N–H and O–H groups in total. The molecule has 1 saturated heterocycles. The van der Waals surface area contributed by atoms with Crippen LogP contribution in [0.5, 0.6) is 0 Å². The third-order valence-electron chi connectivity index (χ3n) is 2.69. The number of alkyl halides is 1. The van der Waals surface area contributed by atoms with Crippen molar-refractivity contribution >= 4 is 34.2 Å². The Morgan fingerprint density at radius 3 is 2.93 bits per heavy atom. The average Bonchev–Trinajstić information content (AvgIpc) is 2.28. The largest absolute Gasteiger partial charge is 0.389 e. The highest BCUT2D eigenvalue weighted by Crippen LogP contribution is 2.39. The number of carbonyl (C=O) groups is 2. The Bertz CT molecular complexity index is 348. The van der Waals surface area contributed by atoms with Crippen LogP contribution in [0.3, 0.4) is 0 Å². The molecule has 4 nitrogen and oxygen atoms in total. The summed E-state index contributed by atoms with van der Waals surface area (Å²) in [5.74, 6) is -1.11. The maximum atomic E-state index is 11.2. The third kappa shape index (κ3) is 1.38. The maximum Gasteiger partial charge on any atom is 0.223 e. The minimum Gasteiger partial charge on any atom is -0.389 e. The summed E-state index contributed by atoms with van der Waals surface area (Å²) in [6.45, 7) is 1.84. The molecule has 0 spiro atoms. The van der Waals surface area contributed by atoms with Gasteiger partial charge in [-0.25, -0.2) is 0 Å². The van der Waals surface area contributed by atoms with Crippen molar-refractivity contribution in [3.63, 3.8) is 0 Å². The molecule has 14 heavy (non-hydrogen) atoms. The molecular weight excluding hydrogens is 297 g/mol. The molecule has 1 aliphatic heterocycles. The summed E-state index contributed by atoms with van der Waals surface area (Å²) in [5, 5.41) is 12.9. The lowest BCUT2D eigenvalue weighted by Gasteiger charge is -2.22. The van der Waals surface area contributed by atoms with Crippen molar-refractivity contribution in [2.24, 2.45) is 5.92 Å². The minimum absolute atomic E-state index is 0.122. The van der Waals surface area contributed by atoms with E-state index in [1.54, 1.807) is 0 Å². The summed E-state index contributed by atoms with van der Waals surface area (Å²) in [6.07, 6.45) is 0.813. The van der Waals surface area contributed by atoms with Gasteiger partial charge in [-0.1, -0.05) is 22.6 Å². The van der Waals surface area contributed by atoms with E-state index in [9.17, 15) is 14.7 Å². The first-order chi connectivity index (χ1) is 6.42. The molecule has 2 aliphatic rings. The van der Waals surface area contributed by atoms with Gasteiger partial charge in [0.25, 0.3) is 0 Å². The van der Waals surface area contributed by atoms with Crippen LogP contribution in [-0.4, -0.2) is 26.3 Å². The lowest BCUT2D eigenvalue weighted by molar-refractivity contribution is -0.135. The van der Waals surface area contributed by atoms with Gasteiger partial charge in [0.15, 0.2) is 0 Å². The Balaban J connectivity index is 2.37. The van der Waals surface area contributed by atoms with Crippen LogP contribution in [0.2, 0.25) is 0 Å². The molecule has 2 rings (SSSR count). The third-order valence-corrected chi connectivity index (χ3v) is 3.60. The molecule has 3 unspecified atom stereocenters. The zero-order valence-corrected chi connectivity index (χ0v) is 9.74. The molecule has 1 aliphatic carbocycles. The fraction of sp³-hybridized carbons (Fsp3) is 0.556. The van der Waals surface area contributed by atoms with E-state index in [2.05, 4.69) is 27.9 Å². The van der Waals surface area contributed by atoms with Crippen molar-refractivity contribution in [3.05, 3.63) is 11.8 Å². The molecule has 0 radical (unpaired) electrons. The fourth-order valence-corrected chi connectivity index (χ4v) is 2.63. The van der Waals surface area contributed by atoms with E-state index in [1.807, 2.05) is 6.92 Å². The van der Waals surface area contributed by atoms with Crippen LogP contribution in [-0.2, 0) is 9.59 Å². The first-order valence-corrected chi connectivity index (χ1v) is 5.43. The van der Waals surface area contributed by atoms with E-state index in [0.717, 1.165) is 0 Å². The predicted octanol–water partition coefficient (Wildman–Crippen LogP) is 0.144. The molecule has 5 heteroatoms. The Labute approximate surface area is 94.9 Å². The second kappa shape index (κ2) is 3.03. The lowest BCUT2D eigenvalue weighted by atomic mass is 9.88. The number of hydrogen-bond donors (Lipinski definition) is 2. The van der Waals surface area contributed by atoms with Gasteiger partial charge in [0.05, 0.1) is 6.10 Å². The number of aliphatic hydroxyl groups excluding tert-OH is 1. The molecule has 1 fully saturated rings. The lowest BCUT2D eigenvalue weighted by Crippen LogP contribution is -2.38. The zero-order chi connectivity index (χ0) is 10.5. The number of allylic oxidation sites excluding steroid dienone is 1. The molecule has 76 valence electrons. The van der Waals surface area contributed by atoms with Gasteiger partial charge in [-0.05, 0) is 6.92 Å². The van der Waals surface area contributed by atoms with E-state index >= 15 is 0 Å². The van der Waals surface area contributed by atoms with Gasteiger partial charge >= 0.3 is 0 Å². The average molecular weight is 307 g/mol. The first-order valence-electron chi connectivity index (χ1n) is 4.36. The number of aliphatic hydroxyl groups is 1. The quantitative estimate of drug-likeness (QED) is 0.289. The Hall–Kier alpha value is -0.430. The number of fused-ring (bicyclic) bond motifs is 1. The van der Waals surface area contributed by atoms with Crippen LogP contribution in [0.1, 0.15) is 13.3 Å². The zero-order valence-electron chi connectivity index (χ0n) is 7.58. The summed E-state index contributed by atoms with van der Waals surface area (Å²) < 4.78 is -0.487. The van der Waals surface area contributed by atoms with Gasteiger partial charge in [-0.2, -0.15) is 0 Å². The number of carbonyl (C=O) groups excluding carboxylic acids is 2. The molecule has 0 aromatic heterocycles. The Kier molecular flexibility index (Phi) is 2.19. The summed E-state index contributed by atoms with van der Waals surface area (Å²) >= 11 is 2.09. The van der Waals surface area contributed by atoms with Crippen LogP contribution in [0.15, 0.2) is 11.8 Å². The van der Waals surface area contributed by atoms with Crippen molar-refractivity contribution in [1.29, 1.82) is 0 Å². The van der Waals surface area contributed by atoms with Gasteiger partial charge in [0.1, 0.15) is 3.55 Å². The second-order valence-corrected chi connectivity index (χ2v) is 6.08. The highest BCUT2D eigenvalue weighted by Gasteiger charge is 2.48. The monoisotopic (exact) mass is 307 g/mol. The van der Waals surface area contributed by atoms with Crippen molar-refractivity contribution in [2.75, 3.05) is 0 Å². The molecule has 0 aromatic rings. The second-order valence-electron chi connectivity index (χ2n) is 3.84. The van der Waals surface area contributed by atoms with E-state index in [1.165, 1.54) is 6.08 Å². The number of ketones is 2. The first kappa shape index (κ1) is 10.1. The smallest absolute Gasteiger partial charge is 0.223 e. The number of nitrogens with one attached hydrogen (secondary N) is 1. The summed E-state index contributed by atoms with van der Waals surface area (Å²) in [4.78, 5) is 22.3. The van der Waals surface area contributed by atoms with E-state index in [4.69, 9.17) is 0 Å². The standard InChI is InChI=1S/C9H10INO3/c1-9(10)8(14)4-2-6(12)7(13)3-5(4)11-9/h3-4,8,11,14H,2H2,1H3. The van der Waals surface area contributed by atoms with Crippen LogP contribution >= 0.6 is 22.6 Å². The Morgan fingerprint density at radius 1 is 1.64 bits per heavy atom. The Morgan fingerprint density at radius 2 is 2.29 bits per heavy atom. The van der Waals surface area contributed by atoms with Gasteiger partial charge in [0, 0.05) is 24.1 Å². The molecule has 1 heterocycles. The van der Waals surface area contributed by atoms with Crippen LogP contribution < -0.4 is 5.32 Å². The minimum atomic E-state index is -0.619. The van der Waals surface area contributed by atoms with E-state index < -0.39 is 21.2 Å². The molecule has 0 saturated carbocycles. The maximum absolute atomic E-state index is 11.2. The highest BCUT2D eigenvalue weighted by atomic mass is 127. The summed E-state index contributed by atoms with van der Waals surface area (Å²) in [5.41, 5.74) is 0.694. The normalized spacial score (nSPS) is 41.8. The number of Topliss-reactive ketones (excluding diaryl/α,β-unsaturated/α-hetero) is 1. The molecule has 0 amide bonds. The molecule has 3 atom stereocenters. The van der Waals surface area contributed by atoms with Crippen molar-refractivity contribution < 1.29 is 14.7 Å². The molecule has 0 bridgehead atoms. The van der Waals surface area contributed by atoms with Gasteiger partial charge in [-0.15, -0.1) is 0 Å². The number of hydrogen-bond acceptors (Lipinski definition) is 4. The fourth-order valence-electron chi connectivity index (χ4n) is 1.88. The summed E-state index contributed by atoms with van der Waals surface area (Å²) in [6, 6.07) is 0. The van der Waals surface area contributed by atoms with Gasteiger partial charge in [-0.3, -0.25) is 9.59 Å². The van der Waals surface area contributed by atoms with Crippen molar-refractivity contribution in [2.45, 2.75) is 23.0 Å². The summed E-state index contributed by atoms with van der Waals surface area (Å²) in [7, 11) is 0. The van der Waals surface area contributed by atoms with E-state index in [0.29, 0.717) is 5.70 Å². The highest BCUT2D eigenvalue weighted by molar-refractivity contribution is 14.1.